The molecule has 1 aliphatic carbocycles. The first-order chi connectivity index (χ1) is 11.1. The Morgan fingerprint density at radius 1 is 1.35 bits per heavy atom. The minimum Gasteiger partial charge on any atom is -0.497 e. The molecule has 2 N–H and O–H groups in total. The summed E-state index contributed by atoms with van der Waals surface area (Å²) in [6.45, 7) is 1.75. The Labute approximate surface area is 134 Å². The third-order valence-corrected chi connectivity index (χ3v) is 4.09. The molecule has 1 saturated carbocycles. The van der Waals surface area contributed by atoms with Gasteiger partial charge < -0.3 is 19.9 Å². The molecular weight excluding hydrogens is 296 g/mol. The van der Waals surface area contributed by atoms with Gasteiger partial charge in [-0.05, 0) is 25.0 Å². The van der Waals surface area contributed by atoms with Gasteiger partial charge in [-0.2, -0.15) is 4.98 Å². The molecule has 122 valence electrons. The Morgan fingerprint density at radius 3 is 2.78 bits per heavy atom. The number of nitrogens with one attached hydrogen (secondary N) is 2. The fourth-order valence-corrected chi connectivity index (χ4v) is 2.96. The van der Waals surface area contributed by atoms with Crippen molar-refractivity contribution in [2.24, 2.45) is 0 Å². The lowest BCUT2D eigenvalue weighted by atomic mass is 9.97. The van der Waals surface area contributed by atoms with E-state index in [1.807, 2.05) is 18.2 Å². The van der Waals surface area contributed by atoms with Crippen LogP contribution >= 0.6 is 0 Å². The van der Waals surface area contributed by atoms with Gasteiger partial charge in [0.2, 0.25) is 5.89 Å². The molecule has 2 aromatic rings. The Balaban J connectivity index is 1.74. The summed E-state index contributed by atoms with van der Waals surface area (Å²) < 4.78 is 10.2. The fourth-order valence-electron chi connectivity index (χ4n) is 2.96. The van der Waals surface area contributed by atoms with Crippen molar-refractivity contribution in [2.75, 3.05) is 12.4 Å². The number of hydrogen-bond donors (Lipinski definition) is 2. The summed E-state index contributed by atoms with van der Waals surface area (Å²) >= 11 is 0. The van der Waals surface area contributed by atoms with E-state index in [4.69, 9.17) is 9.26 Å². The lowest BCUT2D eigenvalue weighted by Crippen LogP contribution is -2.46. The van der Waals surface area contributed by atoms with Gasteiger partial charge in [-0.15, -0.1) is 0 Å². The smallest absolute Gasteiger partial charge is 0.320 e. The molecular formula is C16H20N4O3. The van der Waals surface area contributed by atoms with Crippen LogP contribution in [0.4, 0.5) is 10.5 Å². The van der Waals surface area contributed by atoms with Crippen LogP contribution in [-0.2, 0) is 5.54 Å². The monoisotopic (exact) mass is 316 g/mol. The van der Waals surface area contributed by atoms with Crippen molar-refractivity contribution in [3.8, 4) is 5.75 Å². The number of urea groups is 1. The first-order valence-corrected chi connectivity index (χ1v) is 7.65. The van der Waals surface area contributed by atoms with E-state index in [2.05, 4.69) is 20.8 Å². The minimum atomic E-state index is -0.555. The van der Waals surface area contributed by atoms with Gasteiger partial charge in [-0.1, -0.05) is 24.1 Å². The normalized spacial score (nSPS) is 16.1. The first kappa shape index (κ1) is 15.3. The predicted molar refractivity (Wildman–Crippen MR) is 84.3 cm³/mol. The maximum Gasteiger partial charge on any atom is 0.320 e. The molecule has 1 fully saturated rings. The van der Waals surface area contributed by atoms with E-state index in [1.54, 1.807) is 20.1 Å². The number of anilines is 1. The van der Waals surface area contributed by atoms with Crippen LogP contribution in [-0.4, -0.2) is 23.3 Å². The molecule has 2 amide bonds. The molecule has 3 rings (SSSR count). The number of rotatable bonds is 4. The number of hydrogen-bond acceptors (Lipinski definition) is 5. The number of methoxy groups -OCH3 is 1. The van der Waals surface area contributed by atoms with Crippen molar-refractivity contribution < 1.29 is 14.1 Å². The minimum absolute atomic E-state index is 0.289. The molecule has 0 aliphatic heterocycles. The first-order valence-electron chi connectivity index (χ1n) is 7.65. The summed E-state index contributed by atoms with van der Waals surface area (Å²) in [6.07, 6.45) is 3.65. The Hall–Kier alpha value is -2.57. The van der Waals surface area contributed by atoms with Crippen LogP contribution in [0.2, 0.25) is 0 Å². The number of carbonyl (C=O) groups excluding carboxylic acids is 1. The van der Waals surface area contributed by atoms with E-state index in [0.29, 0.717) is 23.2 Å². The second kappa shape index (κ2) is 6.28. The second-order valence-corrected chi connectivity index (χ2v) is 5.74. The highest BCUT2D eigenvalue weighted by molar-refractivity contribution is 5.90. The molecule has 7 nitrogen and oxygen atoms in total. The van der Waals surface area contributed by atoms with Gasteiger partial charge in [0.05, 0.1) is 7.11 Å². The number of carbonyl (C=O) groups is 1. The van der Waals surface area contributed by atoms with Crippen molar-refractivity contribution >= 4 is 11.7 Å². The SMILES string of the molecule is COc1cccc(NC(=O)NC2(c3noc(C)n3)CCCC2)c1. The molecule has 1 aromatic carbocycles. The quantitative estimate of drug-likeness (QED) is 0.905. The van der Waals surface area contributed by atoms with E-state index in [0.717, 1.165) is 25.7 Å². The van der Waals surface area contributed by atoms with Crippen molar-refractivity contribution in [1.29, 1.82) is 0 Å². The molecule has 1 aliphatic rings. The maximum atomic E-state index is 12.4. The molecule has 7 heteroatoms. The third kappa shape index (κ3) is 3.28. The summed E-state index contributed by atoms with van der Waals surface area (Å²) in [5.74, 6) is 1.74. The lowest BCUT2D eigenvalue weighted by Gasteiger charge is -2.26. The van der Waals surface area contributed by atoms with Crippen molar-refractivity contribution in [3.05, 3.63) is 36.0 Å². The van der Waals surface area contributed by atoms with Gasteiger partial charge in [0.1, 0.15) is 11.3 Å². The molecule has 0 radical (unpaired) electrons. The topological polar surface area (TPSA) is 89.3 Å². The molecule has 0 bridgehead atoms. The van der Waals surface area contributed by atoms with E-state index >= 15 is 0 Å². The highest BCUT2D eigenvalue weighted by atomic mass is 16.5. The number of aryl methyl sites for hydroxylation is 1. The molecule has 0 atom stereocenters. The van der Waals surface area contributed by atoms with Gasteiger partial charge in [-0.25, -0.2) is 4.79 Å². The summed E-state index contributed by atoms with van der Waals surface area (Å²) in [5, 5.41) is 9.87. The molecule has 0 unspecified atom stereocenters. The largest absolute Gasteiger partial charge is 0.497 e. The number of benzene rings is 1. The number of ether oxygens (including phenoxy) is 1. The van der Waals surface area contributed by atoms with E-state index < -0.39 is 5.54 Å². The van der Waals surface area contributed by atoms with E-state index in [-0.39, 0.29) is 6.03 Å². The highest BCUT2D eigenvalue weighted by Gasteiger charge is 2.41. The standard InChI is InChI=1S/C16H20N4O3/c1-11-17-14(20-23-11)16(8-3-4-9-16)19-15(21)18-12-6-5-7-13(10-12)22-2/h5-7,10H,3-4,8-9H2,1-2H3,(H2,18,19,21). The Kier molecular flexibility index (Phi) is 4.18. The van der Waals surface area contributed by atoms with Gasteiger partial charge >= 0.3 is 6.03 Å². The molecule has 1 aromatic heterocycles. The zero-order chi connectivity index (χ0) is 16.3. The summed E-state index contributed by atoms with van der Waals surface area (Å²) in [5.41, 5.74) is 0.111. The van der Waals surface area contributed by atoms with Crippen molar-refractivity contribution in [3.63, 3.8) is 0 Å². The van der Waals surface area contributed by atoms with Crippen LogP contribution in [0, 0.1) is 6.92 Å². The zero-order valence-corrected chi connectivity index (χ0v) is 13.3. The van der Waals surface area contributed by atoms with Gasteiger partial charge in [0, 0.05) is 18.7 Å². The van der Waals surface area contributed by atoms with E-state index in [1.165, 1.54) is 0 Å². The fraction of sp³-hybridized carbons (Fsp3) is 0.438. The Bertz CT molecular complexity index is 692. The number of nitrogens with zero attached hydrogens (tertiary/aromatic N) is 2. The lowest BCUT2D eigenvalue weighted by molar-refractivity contribution is 0.232. The van der Waals surface area contributed by atoms with Crippen LogP contribution in [0.1, 0.15) is 37.4 Å². The second-order valence-electron chi connectivity index (χ2n) is 5.74. The van der Waals surface area contributed by atoms with Gasteiger partial charge in [-0.3, -0.25) is 0 Å². The van der Waals surface area contributed by atoms with Crippen LogP contribution in [0.25, 0.3) is 0 Å². The summed E-state index contributed by atoms with van der Waals surface area (Å²) in [4.78, 5) is 16.7. The average Bonchev–Trinajstić information content (AvgIpc) is 3.17. The Morgan fingerprint density at radius 2 is 2.13 bits per heavy atom. The third-order valence-electron chi connectivity index (χ3n) is 4.09. The predicted octanol–water partition coefficient (Wildman–Crippen LogP) is 2.98. The van der Waals surface area contributed by atoms with Crippen LogP contribution < -0.4 is 15.4 Å². The van der Waals surface area contributed by atoms with E-state index in [9.17, 15) is 4.79 Å². The molecule has 23 heavy (non-hydrogen) atoms. The van der Waals surface area contributed by atoms with Crippen molar-refractivity contribution in [1.82, 2.24) is 15.5 Å². The zero-order valence-electron chi connectivity index (χ0n) is 13.3. The summed E-state index contributed by atoms with van der Waals surface area (Å²) in [7, 11) is 1.59. The molecule has 1 heterocycles. The maximum absolute atomic E-state index is 12.4. The highest BCUT2D eigenvalue weighted by Crippen LogP contribution is 2.37. The molecule has 0 saturated heterocycles. The number of aromatic nitrogens is 2. The number of amides is 2. The van der Waals surface area contributed by atoms with Gasteiger partial charge in [0.25, 0.3) is 0 Å². The van der Waals surface area contributed by atoms with Crippen LogP contribution in [0.3, 0.4) is 0 Å². The average molecular weight is 316 g/mol. The van der Waals surface area contributed by atoms with Crippen LogP contribution in [0.5, 0.6) is 5.75 Å². The van der Waals surface area contributed by atoms with Gasteiger partial charge in [0.15, 0.2) is 5.82 Å². The van der Waals surface area contributed by atoms with Crippen LogP contribution in [0.15, 0.2) is 28.8 Å². The summed E-state index contributed by atoms with van der Waals surface area (Å²) in [6, 6.07) is 6.93. The van der Waals surface area contributed by atoms with Crippen molar-refractivity contribution in [2.45, 2.75) is 38.1 Å². The molecule has 0 spiro atoms.